The lowest BCUT2D eigenvalue weighted by Gasteiger charge is -2.40. The van der Waals surface area contributed by atoms with Gasteiger partial charge < -0.3 is 10.2 Å². The van der Waals surface area contributed by atoms with Gasteiger partial charge in [-0.3, -0.25) is 9.59 Å². The topological polar surface area (TPSA) is 49.4 Å². The average molecular weight is 258 g/mol. The molecule has 1 rings (SSSR count). The van der Waals surface area contributed by atoms with Crippen LogP contribution in [0.25, 0.3) is 0 Å². The summed E-state index contributed by atoms with van der Waals surface area (Å²) < 4.78 is -0.0279. The van der Waals surface area contributed by atoms with Gasteiger partial charge in [-0.1, -0.05) is 6.92 Å². The Morgan fingerprint density at radius 2 is 2.00 bits per heavy atom. The third-order valence-corrected chi connectivity index (χ3v) is 4.49. The lowest BCUT2D eigenvalue weighted by atomic mass is 10.0. The molecular formula is C12H22N2O2S. The molecule has 2 amide bonds. The Kier molecular flexibility index (Phi) is 4.47. The summed E-state index contributed by atoms with van der Waals surface area (Å²) in [5.41, 5.74) is 0. The van der Waals surface area contributed by atoms with Crippen LogP contribution in [0, 0.1) is 0 Å². The van der Waals surface area contributed by atoms with Crippen LogP contribution >= 0.6 is 11.8 Å². The van der Waals surface area contributed by atoms with Crippen LogP contribution in [0.4, 0.5) is 0 Å². The second kappa shape index (κ2) is 5.29. The molecule has 0 aromatic rings. The van der Waals surface area contributed by atoms with Crippen LogP contribution in [-0.4, -0.2) is 46.3 Å². The molecule has 98 valence electrons. The summed E-state index contributed by atoms with van der Waals surface area (Å²) >= 11 is 1.71. The highest BCUT2D eigenvalue weighted by molar-refractivity contribution is 7.99. The van der Waals surface area contributed by atoms with Gasteiger partial charge >= 0.3 is 0 Å². The molecule has 0 aromatic heterocycles. The van der Waals surface area contributed by atoms with Crippen LogP contribution < -0.4 is 5.32 Å². The molecule has 0 radical (unpaired) electrons. The molecule has 5 heteroatoms. The highest BCUT2D eigenvalue weighted by atomic mass is 32.2. The summed E-state index contributed by atoms with van der Waals surface area (Å²) in [6, 6.07) is -0.715. The smallest absolute Gasteiger partial charge is 0.245 e. The summed E-state index contributed by atoms with van der Waals surface area (Å²) in [6.07, 6.45) is 2.67. The molecule has 1 aliphatic heterocycles. The molecule has 17 heavy (non-hydrogen) atoms. The minimum atomic E-state index is -0.364. The van der Waals surface area contributed by atoms with Gasteiger partial charge in [-0.05, 0) is 33.4 Å². The van der Waals surface area contributed by atoms with Crippen LogP contribution in [0.3, 0.4) is 0 Å². The SMILES string of the molecule is CCC1NC(=O)C(C)N(CC(C)(C)SC)C1=O. The second-order valence-electron chi connectivity index (χ2n) is 5.08. The molecule has 4 nitrogen and oxygen atoms in total. The Balaban J connectivity index is 2.86. The molecule has 1 aliphatic rings. The number of amides is 2. The molecule has 1 saturated heterocycles. The molecule has 2 unspecified atom stereocenters. The van der Waals surface area contributed by atoms with E-state index in [1.807, 2.05) is 13.2 Å². The summed E-state index contributed by atoms with van der Waals surface area (Å²) in [5, 5.41) is 2.76. The van der Waals surface area contributed by atoms with Gasteiger partial charge in [0.2, 0.25) is 11.8 Å². The number of hydrogen-bond donors (Lipinski definition) is 1. The van der Waals surface area contributed by atoms with E-state index in [2.05, 4.69) is 19.2 Å². The summed E-state index contributed by atoms with van der Waals surface area (Å²) in [7, 11) is 0. The predicted octanol–water partition coefficient (Wildman–Crippen LogP) is 1.25. The van der Waals surface area contributed by atoms with E-state index >= 15 is 0 Å². The lowest BCUT2D eigenvalue weighted by Crippen LogP contribution is -2.63. The van der Waals surface area contributed by atoms with E-state index in [4.69, 9.17) is 0 Å². The molecule has 2 atom stereocenters. The zero-order valence-electron chi connectivity index (χ0n) is 11.2. The number of piperazine rings is 1. The van der Waals surface area contributed by atoms with E-state index in [-0.39, 0.29) is 28.6 Å². The Hall–Kier alpha value is -0.710. The maximum atomic E-state index is 12.2. The first-order chi connectivity index (χ1) is 7.82. The van der Waals surface area contributed by atoms with Crippen molar-refractivity contribution in [2.24, 2.45) is 0 Å². The van der Waals surface area contributed by atoms with Gasteiger partial charge in [0.1, 0.15) is 12.1 Å². The number of nitrogens with zero attached hydrogens (tertiary/aromatic N) is 1. The van der Waals surface area contributed by atoms with Crippen molar-refractivity contribution in [3.05, 3.63) is 0 Å². The van der Waals surface area contributed by atoms with Crippen LogP contribution in [0.2, 0.25) is 0 Å². The normalized spacial score (nSPS) is 26.1. The largest absolute Gasteiger partial charge is 0.343 e. The molecule has 1 fully saturated rings. The fourth-order valence-corrected chi connectivity index (χ4v) is 2.12. The lowest BCUT2D eigenvalue weighted by molar-refractivity contribution is -0.149. The first kappa shape index (κ1) is 14.4. The number of hydrogen-bond acceptors (Lipinski definition) is 3. The zero-order chi connectivity index (χ0) is 13.2. The van der Waals surface area contributed by atoms with Crippen LogP contribution in [0.15, 0.2) is 0 Å². The Bertz CT molecular complexity index is 318. The van der Waals surface area contributed by atoms with Crippen molar-refractivity contribution in [2.45, 2.75) is 50.9 Å². The third kappa shape index (κ3) is 3.15. The van der Waals surface area contributed by atoms with E-state index < -0.39 is 0 Å². The minimum Gasteiger partial charge on any atom is -0.343 e. The minimum absolute atomic E-state index is 0.0279. The maximum absolute atomic E-state index is 12.2. The first-order valence-electron chi connectivity index (χ1n) is 5.98. The Labute approximate surface area is 108 Å². The van der Waals surface area contributed by atoms with E-state index in [1.165, 1.54) is 0 Å². The van der Waals surface area contributed by atoms with Crippen LogP contribution in [-0.2, 0) is 9.59 Å². The molecule has 1 N–H and O–H groups in total. The van der Waals surface area contributed by atoms with Crippen LogP contribution in [0.1, 0.15) is 34.1 Å². The Morgan fingerprint density at radius 1 is 1.41 bits per heavy atom. The van der Waals surface area contributed by atoms with Gasteiger partial charge in [0.25, 0.3) is 0 Å². The molecule has 0 aliphatic carbocycles. The van der Waals surface area contributed by atoms with Gasteiger partial charge in [0.05, 0.1) is 0 Å². The van der Waals surface area contributed by atoms with Crippen molar-refractivity contribution in [3.63, 3.8) is 0 Å². The van der Waals surface area contributed by atoms with Crippen molar-refractivity contribution in [1.29, 1.82) is 0 Å². The first-order valence-corrected chi connectivity index (χ1v) is 7.21. The van der Waals surface area contributed by atoms with Crippen molar-refractivity contribution in [1.82, 2.24) is 10.2 Å². The van der Waals surface area contributed by atoms with Crippen LogP contribution in [0.5, 0.6) is 0 Å². The molecular weight excluding hydrogens is 236 g/mol. The molecule has 0 bridgehead atoms. The van der Waals surface area contributed by atoms with Crippen molar-refractivity contribution in [3.8, 4) is 0 Å². The fourth-order valence-electron chi connectivity index (χ4n) is 1.85. The summed E-state index contributed by atoms with van der Waals surface area (Å²) in [4.78, 5) is 25.7. The highest BCUT2D eigenvalue weighted by Gasteiger charge is 2.39. The van der Waals surface area contributed by atoms with Gasteiger partial charge in [-0.15, -0.1) is 0 Å². The van der Waals surface area contributed by atoms with Gasteiger partial charge in [-0.25, -0.2) is 0 Å². The monoisotopic (exact) mass is 258 g/mol. The predicted molar refractivity (Wildman–Crippen MR) is 71.0 cm³/mol. The second-order valence-corrected chi connectivity index (χ2v) is 6.59. The highest BCUT2D eigenvalue weighted by Crippen LogP contribution is 2.25. The number of thioether (sulfide) groups is 1. The third-order valence-electron chi connectivity index (χ3n) is 3.26. The van der Waals surface area contributed by atoms with E-state index in [0.29, 0.717) is 13.0 Å². The van der Waals surface area contributed by atoms with Crippen molar-refractivity contribution >= 4 is 23.6 Å². The van der Waals surface area contributed by atoms with Crippen molar-refractivity contribution < 1.29 is 9.59 Å². The quantitative estimate of drug-likeness (QED) is 0.826. The van der Waals surface area contributed by atoms with Gasteiger partial charge in [-0.2, -0.15) is 11.8 Å². The number of nitrogens with one attached hydrogen (secondary N) is 1. The number of carbonyl (C=O) groups excluding carboxylic acids is 2. The average Bonchev–Trinajstić information content (AvgIpc) is 2.29. The maximum Gasteiger partial charge on any atom is 0.245 e. The van der Waals surface area contributed by atoms with E-state index in [1.54, 1.807) is 23.6 Å². The van der Waals surface area contributed by atoms with E-state index in [0.717, 1.165) is 0 Å². The number of rotatable bonds is 4. The summed E-state index contributed by atoms with van der Waals surface area (Å²) in [6.45, 7) is 8.49. The standard InChI is InChI=1S/C12H22N2O2S/c1-6-9-11(16)14(7-12(3,4)17-5)8(2)10(15)13-9/h8-9H,6-7H2,1-5H3,(H,13,15). The van der Waals surface area contributed by atoms with Gasteiger partial charge in [0, 0.05) is 11.3 Å². The zero-order valence-corrected chi connectivity index (χ0v) is 12.1. The molecule has 0 saturated carbocycles. The fraction of sp³-hybridized carbons (Fsp3) is 0.833. The van der Waals surface area contributed by atoms with Gasteiger partial charge in [0.15, 0.2) is 0 Å². The Morgan fingerprint density at radius 3 is 2.47 bits per heavy atom. The van der Waals surface area contributed by atoms with Crippen molar-refractivity contribution in [2.75, 3.05) is 12.8 Å². The molecule has 0 aromatic carbocycles. The molecule has 0 spiro atoms. The van der Waals surface area contributed by atoms with E-state index in [9.17, 15) is 9.59 Å². The summed E-state index contributed by atoms with van der Waals surface area (Å²) in [5.74, 6) is -0.00456. The molecule has 1 heterocycles. The number of carbonyl (C=O) groups is 2.